The fourth-order valence-corrected chi connectivity index (χ4v) is 3.18. The maximum Gasteiger partial charge on any atom is 0.0787 e. The lowest BCUT2D eigenvalue weighted by atomic mass is 9.94. The molecule has 2 fully saturated rings. The summed E-state index contributed by atoms with van der Waals surface area (Å²) >= 11 is 0. The van der Waals surface area contributed by atoms with Gasteiger partial charge in [0.1, 0.15) is 0 Å². The molecule has 2 rings (SSSR count). The molecule has 1 aliphatic heterocycles. The predicted octanol–water partition coefficient (Wildman–Crippen LogP) is 2.40. The van der Waals surface area contributed by atoms with Gasteiger partial charge in [0.05, 0.1) is 11.2 Å². The van der Waals surface area contributed by atoms with Gasteiger partial charge in [0.25, 0.3) is 0 Å². The van der Waals surface area contributed by atoms with Crippen LogP contribution in [0.2, 0.25) is 0 Å². The fourth-order valence-electron chi connectivity index (χ4n) is 3.18. The van der Waals surface area contributed by atoms with Gasteiger partial charge in [0, 0.05) is 24.7 Å². The van der Waals surface area contributed by atoms with Crippen LogP contribution in [-0.4, -0.2) is 47.8 Å². The Balaban J connectivity index is 1.82. The molecule has 0 amide bonds. The van der Waals surface area contributed by atoms with E-state index in [1.54, 1.807) is 0 Å². The highest BCUT2D eigenvalue weighted by Gasteiger charge is 2.45. The maximum atomic E-state index is 6.13. The molecule has 1 N–H and O–H groups in total. The van der Waals surface area contributed by atoms with E-state index in [1.807, 2.05) is 0 Å². The summed E-state index contributed by atoms with van der Waals surface area (Å²) < 4.78 is 6.13. The van der Waals surface area contributed by atoms with Crippen molar-refractivity contribution in [3.8, 4) is 0 Å². The Morgan fingerprint density at radius 1 is 1.28 bits per heavy atom. The van der Waals surface area contributed by atoms with Crippen LogP contribution >= 0.6 is 0 Å². The van der Waals surface area contributed by atoms with Crippen molar-refractivity contribution in [3.05, 3.63) is 0 Å². The van der Waals surface area contributed by atoms with Crippen molar-refractivity contribution in [2.45, 2.75) is 83.2 Å². The molecule has 1 saturated carbocycles. The largest absolute Gasteiger partial charge is 0.368 e. The van der Waals surface area contributed by atoms with E-state index < -0.39 is 0 Å². The van der Waals surface area contributed by atoms with Crippen LogP contribution in [0.1, 0.15) is 53.9 Å². The average molecular weight is 254 g/mol. The van der Waals surface area contributed by atoms with Crippen LogP contribution in [0.3, 0.4) is 0 Å². The summed E-state index contributed by atoms with van der Waals surface area (Å²) in [5.74, 6) is 0. The number of ether oxygens (including phenoxy) is 1. The lowest BCUT2D eigenvalue weighted by Crippen LogP contribution is -2.48. The van der Waals surface area contributed by atoms with Crippen molar-refractivity contribution >= 4 is 0 Å². The zero-order chi connectivity index (χ0) is 13.6. The monoisotopic (exact) mass is 254 g/mol. The number of nitrogens with one attached hydrogen (secondary N) is 1. The molecule has 18 heavy (non-hydrogen) atoms. The van der Waals surface area contributed by atoms with E-state index in [1.165, 1.54) is 12.8 Å². The predicted molar refractivity (Wildman–Crippen MR) is 75.9 cm³/mol. The average Bonchev–Trinajstić information content (AvgIpc) is 3.01. The van der Waals surface area contributed by atoms with E-state index in [2.05, 4.69) is 51.9 Å². The van der Waals surface area contributed by atoms with Crippen molar-refractivity contribution in [1.82, 2.24) is 10.2 Å². The Kier molecular flexibility index (Phi) is 3.79. The Morgan fingerprint density at radius 3 is 2.33 bits per heavy atom. The van der Waals surface area contributed by atoms with Crippen LogP contribution in [0.5, 0.6) is 0 Å². The van der Waals surface area contributed by atoms with E-state index >= 15 is 0 Å². The first kappa shape index (κ1) is 14.3. The van der Waals surface area contributed by atoms with E-state index in [9.17, 15) is 0 Å². The Bertz CT molecular complexity index is 297. The highest BCUT2D eigenvalue weighted by Crippen LogP contribution is 2.37. The van der Waals surface area contributed by atoms with Gasteiger partial charge in [-0.3, -0.25) is 4.90 Å². The Hall–Kier alpha value is -0.120. The quantitative estimate of drug-likeness (QED) is 0.815. The van der Waals surface area contributed by atoms with Crippen molar-refractivity contribution in [3.63, 3.8) is 0 Å². The summed E-state index contributed by atoms with van der Waals surface area (Å²) in [4.78, 5) is 2.51. The van der Waals surface area contributed by atoms with Gasteiger partial charge in [-0.2, -0.15) is 0 Å². The van der Waals surface area contributed by atoms with Crippen LogP contribution in [0, 0.1) is 0 Å². The second-order valence-corrected chi connectivity index (χ2v) is 7.38. The van der Waals surface area contributed by atoms with Crippen molar-refractivity contribution in [2.24, 2.45) is 0 Å². The lowest BCUT2D eigenvalue weighted by molar-refractivity contribution is -0.0700. The third kappa shape index (κ3) is 3.25. The molecule has 1 heterocycles. The normalized spacial score (nSPS) is 31.8. The standard InChI is InChI=1S/C15H30N2O/c1-11(17(6)12-7-8-12)10-16-13-9-14(2,3)18-15(13,4)5/h11-13,16H,7-10H2,1-6H3. The lowest BCUT2D eigenvalue weighted by Gasteiger charge is -2.31. The molecular weight excluding hydrogens is 224 g/mol. The Labute approximate surface area is 112 Å². The molecule has 2 unspecified atom stereocenters. The highest BCUT2D eigenvalue weighted by molar-refractivity contribution is 4.99. The van der Waals surface area contributed by atoms with Crippen molar-refractivity contribution in [2.75, 3.05) is 13.6 Å². The number of likely N-dealkylation sites (N-methyl/N-ethyl adjacent to an activating group) is 1. The molecule has 2 atom stereocenters. The minimum Gasteiger partial charge on any atom is -0.368 e. The summed E-state index contributed by atoms with van der Waals surface area (Å²) in [5, 5.41) is 3.72. The molecular formula is C15H30N2O. The molecule has 106 valence electrons. The molecule has 0 spiro atoms. The minimum absolute atomic E-state index is 0.00675. The van der Waals surface area contributed by atoms with Gasteiger partial charge < -0.3 is 10.1 Å². The van der Waals surface area contributed by atoms with Crippen LogP contribution in [0.15, 0.2) is 0 Å². The topological polar surface area (TPSA) is 24.5 Å². The van der Waals surface area contributed by atoms with E-state index in [4.69, 9.17) is 4.74 Å². The smallest absolute Gasteiger partial charge is 0.0787 e. The SMILES string of the molecule is CC(CNC1CC(C)(C)OC1(C)C)N(C)C1CC1. The molecule has 0 aromatic rings. The summed E-state index contributed by atoms with van der Waals surface area (Å²) in [6.45, 7) is 12.2. The van der Waals surface area contributed by atoms with Crippen molar-refractivity contribution < 1.29 is 4.74 Å². The molecule has 3 heteroatoms. The first-order chi connectivity index (χ1) is 8.21. The van der Waals surface area contributed by atoms with E-state index in [-0.39, 0.29) is 11.2 Å². The number of hydrogen-bond donors (Lipinski definition) is 1. The second kappa shape index (κ2) is 4.77. The third-order valence-corrected chi connectivity index (χ3v) is 4.55. The maximum absolute atomic E-state index is 6.13. The molecule has 2 aliphatic rings. The van der Waals surface area contributed by atoms with Gasteiger partial charge in [0.2, 0.25) is 0 Å². The van der Waals surface area contributed by atoms with Gasteiger partial charge in [-0.15, -0.1) is 0 Å². The van der Waals surface area contributed by atoms with Crippen LogP contribution in [0.25, 0.3) is 0 Å². The summed E-state index contributed by atoms with van der Waals surface area (Å²) in [5.41, 5.74) is -0.0474. The first-order valence-electron chi connectivity index (χ1n) is 7.37. The molecule has 0 bridgehead atoms. The highest BCUT2D eigenvalue weighted by atomic mass is 16.5. The van der Waals surface area contributed by atoms with Crippen LogP contribution in [0.4, 0.5) is 0 Å². The van der Waals surface area contributed by atoms with E-state index in [0.717, 1.165) is 19.0 Å². The van der Waals surface area contributed by atoms with Gasteiger partial charge >= 0.3 is 0 Å². The zero-order valence-corrected chi connectivity index (χ0v) is 12.9. The fraction of sp³-hybridized carbons (Fsp3) is 1.00. The van der Waals surface area contributed by atoms with Gasteiger partial charge in [-0.1, -0.05) is 0 Å². The molecule has 0 aromatic carbocycles. The summed E-state index contributed by atoms with van der Waals surface area (Å²) in [6, 6.07) is 1.91. The second-order valence-electron chi connectivity index (χ2n) is 7.38. The first-order valence-corrected chi connectivity index (χ1v) is 7.37. The summed E-state index contributed by atoms with van der Waals surface area (Å²) in [6.07, 6.45) is 3.86. The van der Waals surface area contributed by atoms with Crippen molar-refractivity contribution in [1.29, 1.82) is 0 Å². The molecule has 1 saturated heterocycles. The Morgan fingerprint density at radius 2 is 1.89 bits per heavy atom. The zero-order valence-electron chi connectivity index (χ0n) is 12.9. The summed E-state index contributed by atoms with van der Waals surface area (Å²) in [7, 11) is 2.25. The minimum atomic E-state index is -0.0542. The molecule has 3 nitrogen and oxygen atoms in total. The number of nitrogens with zero attached hydrogens (tertiary/aromatic N) is 1. The number of rotatable bonds is 5. The van der Waals surface area contributed by atoms with E-state index in [0.29, 0.717) is 12.1 Å². The number of hydrogen-bond acceptors (Lipinski definition) is 3. The molecule has 1 aliphatic carbocycles. The van der Waals surface area contributed by atoms with Crippen LogP contribution < -0.4 is 5.32 Å². The molecule has 0 radical (unpaired) electrons. The molecule has 0 aromatic heterocycles. The van der Waals surface area contributed by atoms with Gasteiger partial charge in [0.15, 0.2) is 0 Å². The van der Waals surface area contributed by atoms with Gasteiger partial charge in [-0.05, 0) is 60.9 Å². The third-order valence-electron chi connectivity index (χ3n) is 4.55. The van der Waals surface area contributed by atoms with Gasteiger partial charge in [-0.25, -0.2) is 0 Å². The van der Waals surface area contributed by atoms with Crippen LogP contribution in [-0.2, 0) is 4.74 Å².